The molecule has 42 heavy (non-hydrogen) atoms. The zero-order chi connectivity index (χ0) is 28.2. The molecule has 0 N–H and O–H groups in total. The predicted molar refractivity (Wildman–Crippen MR) is 180 cm³/mol. The summed E-state index contributed by atoms with van der Waals surface area (Å²) in [5, 5.41) is 15.1. The van der Waals surface area contributed by atoms with Crippen molar-refractivity contribution in [1.29, 1.82) is 5.26 Å². The van der Waals surface area contributed by atoms with Gasteiger partial charge in [-0.2, -0.15) is 5.26 Å². The number of nitriles is 1. The van der Waals surface area contributed by atoms with Gasteiger partial charge in [0.2, 0.25) is 0 Å². The molecule has 6 aromatic carbocycles. The second-order valence-corrected chi connectivity index (χ2v) is 12.6. The molecule has 0 aliphatic rings. The molecule has 2 aromatic heterocycles. The van der Waals surface area contributed by atoms with E-state index in [1.807, 2.05) is 40.9 Å². The molecule has 0 unspecified atom stereocenters. The highest BCUT2D eigenvalue weighted by Crippen LogP contribution is 2.41. The molecule has 0 bridgehead atoms. The van der Waals surface area contributed by atoms with Crippen molar-refractivity contribution in [2.75, 3.05) is 7.11 Å². The minimum atomic E-state index is 0.623. The van der Waals surface area contributed by atoms with E-state index in [-0.39, 0.29) is 0 Å². The molecule has 0 fully saturated rings. The van der Waals surface area contributed by atoms with Crippen LogP contribution in [-0.4, -0.2) is 7.11 Å². The molecule has 198 valence electrons. The maximum atomic E-state index is 10.0. The fourth-order valence-corrected chi connectivity index (χ4v) is 8.09. The summed E-state index contributed by atoms with van der Waals surface area (Å²) in [6.07, 6.45) is 0. The SMILES string of the molecule is COc1ccc(C#N)c(-c2cc(-c3ccc4sc5ccccc5c4c3)cc(-c3ccc4sc5ccccc5c4c3)c2)c1. The fourth-order valence-electron chi connectivity index (χ4n) is 5.91. The van der Waals surface area contributed by atoms with Crippen LogP contribution in [0.1, 0.15) is 5.56 Å². The van der Waals surface area contributed by atoms with Gasteiger partial charge in [0.05, 0.1) is 18.7 Å². The average molecular weight is 574 g/mol. The predicted octanol–water partition coefficient (Wildman–Crippen LogP) is 11.3. The van der Waals surface area contributed by atoms with Gasteiger partial charge in [0.25, 0.3) is 0 Å². The van der Waals surface area contributed by atoms with Crippen molar-refractivity contribution in [2.45, 2.75) is 0 Å². The van der Waals surface area contributed by atoms with Crippen molar-refractivity contribution in [3.63, 3.8) is 0 Å². The van der Waals surface area contributed by atoms with Crippen molar-refractivity contribution in [3.8, 4) is 45.2 Å². The summed E-state index contributed by atoms with van der Waals surface area (Å²) in [6.45, 7) is 0. The Hall–Kier alpha value is -4.95. The third-order valence-corrected chi connectivity index (χ3v) is 10.3. The largest absolute Gasteiger partial charge is 0.497 e. The number of ether oxygens (including phenoxy) is 1. The van der Waals surface area contributed by atoms with Crippen molar-refractivity contribution in [2.24, 2.45) is 0 Å². The van der Waals surface area contributed by atoms with Crippen LogP contribution in [-0.2, 0) is 0 Å². The lowest BCUT2D eigenvalue weighted by Crippen LogP contribution is -1.91. The van der Waals surface area contributed by atoms with Crippen molar-refractivity contribution >= 4 is 63.0 Å². The Morgan fingerprint density at radius 2 is 1.02 bits per heavy atom. The van der Waals surface area contributed by atoms with E-state index < -0.39 is 0 Å². The maximum absolute atomic E-state index is 10.0. The average Bonchev–Trinajstić information content (AvgIpc) is 3.61. The van der Waals surface area contributed by atoms with Crippen LogP contribution in [0.2, 0.25) is 0 Å². The second-order valence-electron chi connectivity index (χ2n) is 10.4. The van der Waals surface area contributed by atoms with E-state index in [1.54, 1.807) is 7.11 Å². The minimum Gasteiger partial charge on any atom is -0.497 e. The Morgan fingerprint density at radius 1 is 0.500 bits per heavy atom. The molecule has 0 saturated heterocycles. The number of nitrogens with zero attached hydrogens (tertiary/aromatic N) is 1. The maximum Gasteiger partial charge on any atom is 0.119 e. The second kappa shape index (κ2) is 9.85. The molecule has 0 saturated carbocycles. The van der Waals surface area contributed by atoms with E-state index in [4.69, 9.17) is 4.74 Å². The Kier molecular flexibility index (Phi) is 5.82. The molecule has 4 heteroatoms. The highest BCUT2D eigenvalue weighted by Gasteiger charge is 2.14. The standard InChI is InChI=1S/C38H23NOS2/c1-40-29-13-10-25(22-39)32(21-29)28-17-26(23-11-14-37-33(19-23)30-6-2-4-8-35(30)41-37)16-27(18-28)24-12-15-38-34(20-24)31-7-3-5-9-36(31)42-38/h2-21H,1H3. The van der Waals surface area contributed by atoms with E-state index in [9.17, 15) is 5.26 Å². The van der Waals surface area contributed by atoms with E-state index in [1.165, 1.54) is 40.3 Å². The highest BCUT2D eigenvalue weighted by atomic mass is 32.1. The summed E-state index contributed by atoms with van der Waals surface area (Å²) in [5.74, 6) is 0.730. The molecule has 2 heterocycles. The summed E-state index contributed by atoms with van der Waals surface area (Å²) in [7, 11) is 1.66. The topological polar surface area (TPSA) is 33.0 Å². The van der Waals surface area contributed by atoms with Gasteiger partial charge in [-0.25, -0.2) is 0 Å². The van der Waals surface area contributed by atoms with Gasteiger partial charge in [-0.05, 0) is 101 Å². The van der Waals surface area contributed by atoms with E-state index in [2.05, 4.69) is 109 Å². The Morgan fingerprint density at radius 3 is 1.57 bits per heavy atom. The molecule has 0 aliphatic carbocycles. The van der Waals surface area contributed by atoms with Gasteiger partial charge in [-0.1, -0.05) is 48.5 Å². The first-order valence-electron chi connectivity index (χ1n) is 13.8. The van der Waals surface area contributed by atoms with Crippen LogP contribution in [0.3, 0.4) is 0 Å². The molecule has 0 atom stereocenters. The minimum absolute atomic E-state index is 0.623. The zero-order valence-corrected chi connectivity index (χ0v) is 24.4. The number of rotatable bonds is 4. The number of fused-ring (bicyclic) bond motifs is 6. The molecule has 0 radical (unpaired) electrons. The molecule has 8 aromatic rings. The zero-order valence-electron chi connectivity index (χ0n) is 22.7. The van der Waals surface area contributed by atoms with Gasteiger partial charge in [-0.3, -0.25) is 0 Å². The van der Waals surface area contributed by atoms with Gasteiger partial charge in [-0.15, -0.1) is 22.7 Å². The molecule has 2 nitrogen and oxygen atoms in total. The summed E-state index contributed by atoms with van der Waals surface area (Å²) < 4.78 is 10.7. The summed E-state index contributed by atoms with van der Waals surface area (Å²) in [4.78, 5) is 0. The third-order valence-electron chi connectivity index (χ3n) is 8.01. The first kappa shape index (κ1) is 24.8. The third kappa shape index (κ3) is 4.06. The number of hydrogen-bond donors (Lipinski definition) is 0. The van der Waals surface area contributed by atoms with Gasteiger partial charge in [0.1, 0.15) is 5.75 Å². The van der Waals surface area contributed by atoms with E-state index in [0.717, 1.165) is 39.1 Å². The first-order valence-corrected chi connectivity index (χ1v) is 15.4. The van der Waals surface area contributed by atoms with Crippen LogP contribution in [0.4, 0.5) is 0 Å². The van der Waals surface area contributed by atoms with Gasteiger partial charge >= 0.3 is 0 Å². The molecule has 0 amide bonds. The Bertz CT molecular complexity index is 2240. The smallest absolute Gasteiger partial charge is 0.119 e. The summed E-state index contributed by atoms with van der Waals surface area (Å²) >= 11 is 3.66. The molecular weight excluding hydrogens is 551 g/mol. The summed E-state index contributed by atoms with van der Waals surface area (Å²) in [5.41, 5.74) is 7.00. The van der Waals surface area contributed by atoms with Gasteiger partial charge in [0.15, 0.2) is 0 Å². The molecule has 0 aliphatic heterocycles. The molecule has 8 rings (SSSR count). The number of benzene rings is 6. The monoisotopic (exact) mass is 573 g/mol. The number of methoxy groups -OCH3 is 1. The van der Waals surface area contributed by atoms with Crippen LogP contribution in [0.25, 0.3) is 73.7 Å². The van der Waals surface area contributed by atoms with Crippen molar-refractivity contribution < 1.29 is 4.74 Å². The van der Waals surface area contributed by atoms with Crippen LogP contribution in [0.5, 0.6) is 5.75 Å². The van der Waals surface area contributed by atoms with Crippen LogP contribution in [0, 0.1) is 11.3 Å². The van der Waals surface area contributed by atoms with Crippen molar-refractivity contribution in [1.82, 2.24) is 0 Å². The van der Waals surface area contributed by atoms with Gasteiger partial charge < -0.3 is 4.74 Å². The lowest BCUT2D eigenvalue weighted by molar-refractivity contribution is 0.415. The quantitative estimate of drug-likeness (QED) is 0.210. The Labute approximate surface area is 251 Å². The number of thiophene rings is 2. The molecular formula is C38H23NOS2. The van der Waals surface area contributed by atoms with Crippen LogP contribution >= 0.6 is 22.7 Å². The van der Waals surface area contributed by atoms with E-state index >= 15 is 0 Å². The lowest BCUT2D eigenvalue weighted by atomic mass is 9.91. The van der Waals surface area contributed by atoms with Gasteiger partial charge in [0, 0.05) is 45.9 Å². The molecule has 0 spiro atoms. The van der Waals surface area contributed by atoms with E-state index in [0.29, 0.717) is 5.56 Å². The normalized spacial score (nSPS) is 11.4. The Balaban J connectivity index is 1.38. The van der Waals surface area contributed by atoms with Crippen molar-refractivity contribution in [3.05, 3.63) is 127 Å². The van der Waals surface area contributed by atoms with Crippen LogP contribution in [0.15, 0.2) is 121 Å². The fraction of sp³-hybridized carbons (Fsp3) is 0.0263. The number of hydrogen-bond acceptors (Lipinski definition) is 4. The lowest BCUT2D eigenvalue weighted by Gasteiger charge is -2.13. The first-order chi connectivity index (χ1) is 20.7. The highest BCUT2D eigenvalue weighted by molar-refractivity contribution is 7.26. The van der Waals surface area contributed by atoms with Crippen LogP contribution < -0.4 is 4.74 Å². The summed E-state index contributed by atoms with van der Waals surface area (Å²) in [6, 6.07) is 45.4.